The summed E-state index contributed by atoms with van der Waals surface area (Å²) in [5.74, 6) is -0.503. The number of hydrogen-bond donors (Lipinski definition) is 2. The SMILES string of the molecule is Cc1ccc(NS(=O)(=O)c2cc(C(=O)Nc3nnc(SC(C)C)s3)ccc2Cl)c(C)c1. The molecule has 1 heterocycles. The number of nitrogens with zero attached hydrogens (tertiary/aromatic N) is 2. The molecule has 0 saturated carbocycles. The van der Waals surface area contributed by atoms with Gasteiger partial charge >= 0.3 is 0 Å². The Morgan fingerprint density at radius 3 is 2.55 bits per heavy atom. The number of hydrogen-bond acceptors (Lipinski definition) is 7. The number of halogens is 1. The van der Waals surface area contributed by atoms with Crippen LogP contribution in [0.3, 0.4) is 0 Å². The number of sulfonamides is 1. The normalized spacial score (nSPS) is 11.5. The molecule has 0 fully saturated rings. The first kappa shape index (κ1) is 23.5. The van der Waals surface area contributed by atoms with Crippen LogP contribution in [0.2, 0.25) is 5.02 Å². The van der Waals surface area contributed by atoms with Crippen molar-refractivity contribution in [1.82, 2.24) is 10.2 Å². The first-order valence-corrected chi connectivity index (χ1v) is 12.8. The topological polar surface area (TPSA) is 101 Å². The van der Waals surface area contributed by atoms with Gasteiger partial charge in [-0.15, -0.1) is 10.2 Å². The van der Waals surface area contributed by atoms with Gasteiger partial charge in [-0.2, -0.15) is 0 Å². The molecule has 31 heavy (non-hydrogen) atoms. The fourth-order valence-corrected chi connectivity index (χ4v) is 6.29. The maximum atomic E-state index is 12.9. The molecule has 0 bridgehead atoms. The summed E-state index contributed by atoms with van der Waals surface area (Å²) >= 11 is 8.95. The maximum Gasteiger partial charge on any atom is 0.263 e. The van der Waals surface area contributed by atoms with Crippen LogP contribution in [-0.2, 0) is 10.0 Å². The number of rotatable bonds is 7. The minimum absolute atomic E-state index is 0.0142. The van der Waals surface area contributed by atoms with Crippen LogP contribution >= 0.6 is 34.7 Å². The third kappa shape index (κ3) is 5.97. The second-order valence-electron chi connectivity index (χ2n) is 7.06. The van der Waals surface area contributed by atoms with Gasteiger partial charge in [0.2, 0.25) is 5.13 Å². The molecule has 0 radical (unpaired) electrons. The van der Waals surface area contributed by atoms with E-state index in [1.165, 1.54) is 29.5 Å². The van der Waals surface area contributed by atoms with Crippen LogP contribution in [0.5, 0.6) is 0 Å². The molecule has 0 aliphatic rings. The molecule has 11 heteroatoms. The Balaban J connectivity index is 1.83. The van der Waals surface area contributed by atoms with Gasteiger partial charge in [0.15, 0.2) is 4.34 Å². The summed E-state index contributed by atoms with van der Waals surface area (Å²) in [5.41, 5.74) is 2.38. The zero-order valence-corrected chi connectivity index (χ0v) is 20.5. The van der Waals surface area contributed by atoms with Gasteiger partial charge in [-0.25, -0.2) is 8.42 Å². The van der Waals surface area contributed by atoms with E-state index in [-0.39, 0.29) is 15.5 Å². The summed E-state index contributed by atoms with van der Waals surface area (Å²) in [7, 11) is -4.01. The van der Waals surface area contributed by atoms with Crippen molar-refractivity contribution in [2.45, 2.75) is 42.2 Å². The second-order valence-corrected chi connectivity index (χ2v) is 11.9. The number of aromatic nitrogens is 2. The van der Waals surface area contributed by atoms with Crippen molar-refractivity contribution in [2.75, 3.05) is 10.0 Å². The van der Waals surface area contributed by atoms with Crippen LogP contribution in [0, 0.1) is 13.8 Å². The van der Waals surface area contributed by atoms with Crippen molar-refractivity contribution < 1.29 is 13.2 Å². The maximum absolute atomic E-state index is 12.9. The van der Waals surface area contributed by atoms with Crippen LogP contribution in [-0.4, -0.2) is 29.8 Å². The van der Waals surface area contributed by atoms with E-state index in [1.54, 1.807) is 17.8 Å². The number of carbonyl (C=O) groups is 1. The Morgan fingerprint density at radius 1 is 1.13 bits per heavy atom. The molecular weight excluding hydrogens is 476 g/mol. The highest BCUT2D eigenvalue weighted by atomic mass is 35.5. The number of anilines is 2. The minimum atomic E-state index is -4.01. The highest BCUT2D eigenvalue weighted by Gasteiger charge is 2.22. The van der Waals surface area contributed by atoms with Gasteiger partial charge in [0.1, 0.15) is 4.90 Å². The minimum Gasteiger partial charge on any atom is -0.296 e. The molecule has 0 saturated heterocycles. The number of nitrogens with one attached hydrogen (secondary N) is 2. The number of thioether (sulfide) groups is 1. The first-order chi connectivity index (χ1) is 14.5. The molecule has 2 N–H and O–H groups in total. The third-order valence-corrected chi connectivity index (χ3v) is 7.85. The van der Waals surface area contributed by atoms with Gasteiger partial charge in [0.05, 0.1) is 10.7 Å². The van der Waals surface area contributed by atoms with E-state index in [1.807, 2.05) is 39.8 Å². The smallest absolute Gasteiger partial charge is 0.263 e. The van der Waals surface area contributed by atoms with E-state index in [4.69, 9.17) is 11.6 Å². The first-order valence-electron chi connectivity index (χ1n) is 9.26. The van der Waals surface area contributed by atoms with E-state index in [0.29, 0.717) is 16.1 Å². The van der Waals surface area contributed by atoms with E-state index in [9.17, 15) is 13.2 Å². The largest absolute Gasteiger partial charge is 0.296 e. The van der Waals surface area contributed by atoms with Crippen molar-refractivity contribution in [3.05, 3.63) is 58.1 Å². The monoisotopic (exact) mass is 496 g/mol. The lowest BCUT2D eigenvalue weighted by Crippen LogP contribution is -2.17. The van der Waals surface area contributed by atoms with Crippen molar-refractivity contribution in [1.29, 1.82) is 0 Å². The van der Waals surface area contributed by atoms with Gasteiger partial charge in [0, 0.05) is 10.8 Å². The molecule has 0 aliphatic carbocycles. The summed E-state index contributed by atoms with van der Waals surface area (Å²) in [6, 6.07) is 9.45. The van der Waals surface area contributed by atoms with Crippen molar-refractivity contribution >= 4 is 61.4 Å². The molecule has 164 valence electrons. The van der Waals surface area contributed by atoms with Crippen molar-refractivity contribution in [3.8, 4) is 0 Å². The highest BCUT2D eigenvalue weighted by molar-refractivity contribution is 8.01. The molecule has 1 aromatic heterocycles. The molecule has 0 spiro atoms. The predicted molar refractivity (Wildman–Crippen MR) is 127 cm³/mol. The van der Waals surface area contributed by atoms with E-state index < -0.39 is 15.9 Å². The number of carbonyl (C=O) groups excluding carboxylic acids is 1. The predicted octanol–water partition coefficient (Wildman–Crippen LogP) is 5.36. The fourth-order valence-electron chi connectivity index (χ4n) is 2.66. The number of benzene rings is 2. The molecule has 1 amide bonds. The lowest BCUT2D eigenvalue weighted by atomic mass is 10.1. The Kier molecular flexibility index (Phi) is 7.25. The van der Waals surface area contributed by atoms with E-state index in [0.717, 1.165) is 15.5 Å². The molecule has 3 aromatic rings. The van der Waals surface area contributed by atoms with Crippen LogP contribution < -0.4 is 10.0 Å². The summed E-state index contributed by atoms with van der Waals surface area (Å²) < 4.78 is 29.2. The summed E-state index contributed by atoms with van der Waals surface area (Å²) in [5, 5.41) is 11.3. The third-order valence-electron chi connectivity index (χ3n) is 4.07. The standard InChI is InChI=1S/C20H21ClN4O3S3/c1-11(2)29-20-24-23-19(30-20)22-18(26)14-6-7-15(21)17(10-14)31(27,28)25-16-8-5-12(3)9-13(16)4/h5-11,25H,1-4H3,(H,22,23,26). The van der Waals surface area contributed by atoms with Gasteiger partial charge in [-0.1, -0.05) is 66.2 Å². The van der Waals surface area contributed by atoms with Gasteiger partial charge in [-0.05, 0) is 43.7 Å². The molecule has 0 atom stereocenters. The average Bonchev–Trinajstić information content (AvgIpc) is 3.10. The summed E-state index contributed by atoms with van der Waals surface area (Å²) in [4.78, 5) is 12.5. The summed E-state index contributed by atoms with van der Waals surface area (Å²) in [6.07, 6.45) is 0. The van der Waals surface area contributed by atoms with Crippen LogP contribution in [0.15, 0.2) is 45.6 Å². The van der Waals surface area contributed by atoms with Crippen LogP contribution in [0.1, 0.15) is 35.3 Å². The lowest BCUT2D eigenvalue weighted by Gasteiger charge is -2.13. The fraction of sp³-hybridized carbons (Fsp3) is 0.250. The van der Waals surface area contributed by atoms with Crippen molar-refractivity contribution in [2.24, 2.45) is 0 Å². The second kappa shape index (κ2) is 9.56. The van der Waals surface area contributed by atoms with Gasteiger partial charge in [0.25, 0.3) is 15.9 Å². The Hall–Kier alpha value is -2.14. The quantitative estimate of drug-likeness (QED) is 0.337. The van der Waals surface area contributed by atoms with Crippen LogP contribution in [0.25, 0.3) is 0 Å². The van der Waals surface area contributed by atoms with E-state index >= 15 is 0 Å². The van der Waals surface area contributed by atoms with Crippen LogP contribution in [0.4, 0.5) is 10.8 Å². The molecular formula is C20H21ClN4O3S3. The van der Waals surface area contributed by atoms with Gasteiger partial charge < -0.3 is 0 Å². The lowest BCUT2D eigenvalue weighted by molar-refractivity contribution is 0.102. The molecule has 0 unspecified atom stereocenters. The van der Waals surface area contributed by atoms with Crippen molar-refractivity contribution in [3.63, 3.8) is 0 Å². The molecule has 2 aromatic carbocycles. The molecule has 7 nitrogen and oxygen atoms in total. The Bertz CT molecular complexity index is 1230. The average molecular weight is 497 g/mol. The van der Waals surface area contributed by atoms with E-state index in [2.05, 4.69) is 20.2 Å². The summed E-state index contributed by atoms with van der Waals surface area (Å²) in [6.45, 7) is 7.80. The Morgan fingerprint density at radius 2 is 1.87 bits per heavy atom. The molecule has 3 rings (SSSR count). The van der Waals surface area contributed by atoms with Gasteiger partial charge in [-0.3, -0.25) is 14.8 Å². The zero-order chi connectivity index (χ0) is 22.8. The number of aryl methyl sites for hydroxylation is 2. The molecule has 0 aliphatic heterocycles. The number of amides is 1. The zero-order valence-electron chi connectivity index (χ0n) is 17.3. The Labute approximate surface area is 194 Å². The highest BCUT2D eigenvalue weighted by Crippen LogP contribution is 2.30.